The van der Waals surface area contributed by atoms with Crippen LogP contribution in [0.15, 0.2) is 12.1 Å². The van der Waals surface area contributed by atoms with Crippen molar-refractivity contribution in [2.45, 2.75) is 38.7 Å². The van der Waals surface area contributed by atoms with Crippen LogP contribution < -0.4 is 4.74 Å². The number of esters is 1. The third-order valence-electron chi connectivity index (χ3n) is 3.30. The van der Waals surface area contributed by atoms with Gasteiger partial charge in [0.25, 0.3) is 0 Å². The number of rotatable bonds is 5. The van der Waals surface area contributed by atoms with Crippen LogP contribution in [-0.4, -0.2) is 30.9 Å². The molecule has 0 saturated heterocycles. The number of carbonyl (C=O) groups is 2. The van der Waals surface area contributed by atoms with E-state index in [1.807, 2.05) is 0 Å². The Labute approximate surface area is 121 Å². The Hall–Kier alpha value is -1.98. The number of carbonyl (C=O) groups excluding carboxylic acids is 2. The molecule has 1 aliphatic heterocycles. The molecule has 0 fully saturated rings. The van der Waals surface area contributed by atoms with Gasteiger partial charge in [-0.25, -0.2) is 4.79 Å². The third kappa shape index (κ3) is 3.20. The summed E-state index contributed by atoms with van der Waals surface area (Å²) in [5.41, 5.74) is 1.91. The summed E-state index contributed by atoms with van der Waals surface area (Å²) in [4.78, 5) is 22.0. The lowest BCUT2D eigenvalue weighted by Gasteiger charge is -2.18. The van der Waals surface area contributed by atoms with E-state index in [4.69, 9.17) is 4.74 Å². The smallest absolute Gasteiger partial charge is 0.377 e. The summed E-state index contributed by atoms with van der Waals surface area (Å²) < 4.78 is 37.3. The lowest BCUT2D eigenvalue weighted by Crippen LogP contribution is -2.36. The molecule has 4 nitrogen and oxygen atoms in total. The summed E-state index contributed by atoms with van der Waals surface area (Å²) in [7, 11) is 0. The third-order valence-corrected chi connectivity index (χ3v) is 3.30. The molecule has 0 saturated carbocycles. The number of fused-ring (bicyclic) bond motifs is 1. The predicted octanol–water partition coefficient (Wildman–Crippen LogP) is 2.70. The fourth-order valence-corrected chi connectivity index (χ4v) is 2.44. The van der Waals surface area contributed by atoms with Gasteiger partial charge in [-0.15, -0.1) is 0 Å². The summed E-state index contributed by atoms with van der Waals surface area (Å²) in [5.74, 6) is -4.59. The van der Waals surface area contributed by atoms with E-state index < -0.39 is 24.4 Å². The van der Waals surface area contributed by atoms with E-state index in [1.54, 1.807) is 19.1 Å². The zero-order valence-corrected chi connectivity index (χ0v) is 11.8. The fourth-order valence-electron chi connectivity index (χ4n) is 2.44. The Morgan fingerprint density at radius 3 is 2.86 bits per heavy atom. The first-order valence-corrected chi connectivity index (χ1v) is 6.67. The molecule has 0 N–H and O–H groups in total. The summed E-state index contributed by atoms with van der Waals surface area (Å²) >= 11 is 0. The number of hydrogen-bond donors (Lipinski definition) is 0. The van der Waals surface area contributed by atoms with Crippen molar-refractivity contribution < 1.29 is 27.8 Å². The van der Waals surface area contributed by atoms with Crippen molar-refractivity contribution in [2.75, 3.05) is 6.61 Å². The molecule has 0 amide bonds. The molecule has 1 unspecified atom stereocenters. The number of hydrogen-bond acceptors (Lipinski definition) is 4. The molecule has 1 aliphatic rings. The fraction of sp³-hybridized carbons (Fsp3) is 0.467. The summed E-state index contributed by atoms with van der Waals surface area (Å²) in [6, 6.07) is 3.26. The molecule has 1 atom stereocenters. The van der Waals surface area contributed by atoms with E-state index in [-0.39, 0.29) is 13.0 Å². The van der Waals surface area contributed by atoms with E-state index >= 15 is 0 Å². The summed E-state index contributed by atoms with van der Waals surface area (Å²) in [6.07, 6.45) is -0.600. The zero-order valence-electron chi connectivity index (χ0n) is 11.8. The van der Waals surface area contributed by atoms with E-state index in [0.717, 1.165) is 5.56 Å². The zero-order chi connectivity index (χ0) is 15.6. The highest BCUT2D eigenvalue weighted by Gasteiger charge is 2.45. The predicted molar refractivity (Wildman–Crippen MR) is 70.9 cm³/mol. The molecular formula is C15H16F2O4. The molecule has 2 rings (SSSR count). The topological polar surface area (TPSA) is 52.6 Å². The van der Waals surface area contributed by atoms with Gasteiger partial charge >= 0.3 is 11.9 Å². The molecule has 1 heterocycles. The van der Waals surface area contributed by atoms with Crippen LogP contribution in [0.5, 0.6) is 5.75 Å². The minimum absolute atomic E-state index is 0.0953. The minimum Gasteiger partial charge on any atom is -0.489 e. The Kier molecular flexibility index (Phi) is 4.25. The first-order chi connectivity index (χ1) is 9.87. The van der Waals surface area contributed by atoms with Crippen LogP contribution in [0.1, 0.15) is 34.8 Å². The quantitative estimate of drug-likeness (QED) is 0.619. The Balaban J connectivity index is 2.11. The maximum atomic E-state index is 13.7. The molecule has 0 aliphatic carbocycles. The average molecular weight is 298 g/mol. The van der Waals surface area contributed by atoms with Crippen molar-refractivity contribution in [3.8, 4) is 5.75 Å². The second kappa shape index (κ2) is 5.79. The van der Waals surface area contributed by atoms with E-state index in [1.165, 1.54) is 6.92 Å². The van der Waals surface area contributed by atoms with Gasteiger partial charge in [-0.1, -0.05) is 0 Å². The van der Waals surface area contributed by atoms with Crippen LogP contribution in [0.25, 0.3) is 0 Å². The molecule has 21 heavy (non-hydrogen) atoms. The highest BCUT2D eigenvalue weighted by atomic mass is 19.3. The Morgan fingerprint density at radius 2 is 2.24 bits per heavy atom. The largest absolute Gasteiger partial charge is 0.489 e. The molecule has 0 aromatic heterocycles. The van der Waals surface area contributed by atoms with Gasteiger partial charge in [0.05, 0.1) is 13.0 Å². The average Bonchev–Trinajstić information content (AvgIpc) is 2.81. The first-order valence-electron chi connectivity index (χ1n) is 6.67. The number of benzene rings is 1. The molecule has 1 aromatic rings. The second-order valence-electron chi connectivity index (χ2n) is 5.02. The highest BCUT2D eigenvalue weighted by Crippen LogP contribution is 2.37. The van der Waals surface area contributed by atoms with Crippen LogP contribution in [0, 0.1) is 6.92 Å². The van der Waals surface area contributed by atoms with Gasteiger partial charge in [-0.2, -0.15) is 8.78 Å². The van der Waals surface area contributed by atoms with Crippen LogP contribution >= 0.6 is 0 Å². The van der Waals surface area contributed by atoms with Gasteiger partial charge < -0.3 is 9.47 Å². The van der Waals surface area contributed by atoms with Gasteiger partial charge in [0.15, 0.2) is 0 Å². The second-order valence-corrected chi connectivity index (χ2v) is 5.02. The first kappa shape index (κ1) is 15.4. The monoisotopic (exact) mass is 298 g/mol. The lowest BCUT2D eigenvalue weighted by atomic mass is 10.0. The molecule has 0 spiro atoms. The number of ether oxygens (including phenoxy) is 2. The van der Waals surface area contributed by atoms with Crippen LogP contribution in [0.4, 0.5) is 8.78 Å². The van der Waals surface area contributed by atoms with E-state index in [2.05, 4.69) is 4.74 Å². The van der Waals surface area contributed by atoms with Gasteiger partial charge in [0.1, 0.15) is 18.1 Å². The highest BCUT2D eigenvalue weighted by molar-refractivity contribution is 5.78. The number of alkyl halides is 2. The van der Waals surface area contributed by atoms with Gasteiger partial charge in [-0.3, -0.25) is 4.79 Å². The molecule has 0 bridgehead atoms. The number of aldehydes is 1. The Morgan fingerprint density at radius 1 is 1.52 bits per heavy atom. The van der Waals surface area contributed by atoms with Gasteiger partial charge in [0.2, 0.25) is 0 Å². The minimum atomic E-state index is -3.58. The lowest BCUT2D eigenvalue weighted by molar-refractivity contribution is -0.174. The van der Waals surface area contributed by atoms with Crippen molar-refractivity contribution in [3.63, 3.8) is 0 Å². The Bertz CT molecular complexity index is 569. The molecule has 0 radical (unpaired) electrons. The molecular weight excluding hydrogens is 282 g/mol. The normalized spacial score (nSPS) is 17.0. The molecule has 6 heteroatoms. The van der Waals surface area contributed by atoms with Crippen molar-refractivity contribution in [1.29, 1.82) is 0 Å². The van der Waals surface area contributed by atoms with Crippen molar-refractivity contribution >= 4 is 12.3 Å². The van der Waals surface area contributed by atoms with Crippen LogP contribution in [-0.2, 0) is 16.0 Å². The summed E-state index contributed by atoms with van der Waals surface area (Å²) in [5, 5.41) is 0. The van der Waals surface area contributed by atoms with E-state index in [0.29, 0.717) is 23.2 Å². The SMILES string of the molecule is CCOC(=O)C(F)(F)CC1Cc2cc(C=O)cc(C)c2O1. The van der Waals surface area contributed by atoms with Crippen LogP contribution in [0.2, 0.25) is 0 Å². The van der Waals surface area contributed by atoms with E-state index in [9.17, 15) is 18.4 Å². The van der Waals surface area contributed by atoms with Gasteiger partial charge in [-0.05, 0) is 37.1 Å². The standard InChI is InChI=1S/C15H16F2O4/c1-3-20-14(19)15(16,17)7-12-6-11-5-10(8-18)4-9(2)13(11)21-12/h4-5,8,12H,3,6-7H2,1-2H3. The summed E-state index contributed by atoms with van der Waals surface area (Å²) in [6.45, 7) is 3.12. The number of aryl methyl sites for hydroxylation is 1. The maximum absolute atomic E-state index is 13.7. The van der Waals surface area contributed by atoms with Crippen LogP contribution in [0.3, 0.4) is 0 Å². The number of halogens is 2. The van der Waals surface area contributed by atoms with Crippen molar-refractivity contribution in [3.05, 3.63) is 28.8 Å². The van der Waals surface area contributed by atoms with Crippen molar-refractivity contribution in [2.24, 2.45) is 0 Å². The molecule has 1 aromatic carbocycles. The maximum Gasteiger partial charge on any atom is 0.377 e. The molecule has 114 valence electrons. The van der Waals surface area contributed by atoms with Crippen molar-refractivity contribution in [1.82, 2.24) is 0 Å². The van der Waals surface area contributed by atoms with Gasteiger partial charge in [0, 0.05) is 12.0 Å².